The van der Waals surface area contributed by atoms with Crippen molar-refractivity contribution in [1.82, 2.24) is 4.90 Å². The monoisotopic (exact) mass is 235 g/mol. The molecule has 0 N–H and O–H groups in total. The van der Waals surface area contributed by atoms with E-state index in [1.54, 1.807) is 0 Å². The summed E-state index contributed by atoms with van der Waals surface area (Å²) in [5.41, 5.74) is 2.71. The van der Waals surface area contributed by atoms with Gasteiger partial charge in [-0.25, -0.2) is 4.79 Å². The second-order valence-corrected chi connectivity index (χ2v) is 4.57. The van der Waals surface area contributed by atoms with Gasteiger partial charge in [0.05, 0.1) is 6.54 Å². The zero-order valence-corrected chi connectivity index (χ0v) is 11.0. The molecule has 0 bridgehead atoms. The average molecular weight is 235 g/mol. The molecule has 3 heteroatoms. The Kier molecular flexibility index (Phi) is 5.58. The van der Waals surface area contributed by atoms with Crippen LogP contribution in [0, 0.1) is 0 Å². The van der Waals surface area contributed by atoms with Gasteiger partial charge in [-0.05, 0) is 33.6 Å². The molecule has 94 valence electrons. The third-order valence-corrected chi connectivity index (χ3v) is 2.73. The van der Waals surface area contributed by atoms with Gasteiger partial charge in [0.1, 0.15) is 6.61 Å². The largest absolute Gasteiger partial charge is 0.469 e. The summed E-state index contributed by atoms with van der Waals surface area (Å²) in [6.07, 6.45) is 6.55. The lowest BCUT2D eigenvalue weighted by atomic mass is 10.1. The molecule has 0 unspecified atom stereocenters. The van der Waals surface area contributed by atoms with Gasteiger partial charge in [0, 0.05) is 6.54 Å². The van der Waals surface area contributed by atoms with Crippen molar-refractivity contribution < 1.29 is 9.53 Å². The van der Waals surface area contributed by atoms with Gasteiger partial charge in [-0.1, -0.05) is 23.3 Å². The molecule has 3 nitrogen and oxygen atoms in total. The van der Waals surface area contributed by atoms with Crippen LogP contribution in [0.4, 0.5) is 0 Å². The Labute approximate surface area is 103 Å². The van der Waals surface area contributed by atoms with E-state index in [2.05, 4.69) is 32.9 Å². The average Bonchev–Trinajstić information content (AvgIpc) is 2.73. The molecule has 0 aromatic rings. The van der Waals surface area contributed by atoms with E-state index in [0.29, 0.717) is 12.5 Å². The van der Waals surface area contributed by atoms with E-state index in [1.807, 2.05) is 10.8 Å². The lowest BCUT2D eigenvalue weighted by molar-refractivity contribution is 0.243. The van der Waals surface area contributed by atoms with E-state index in [-0.39, 0.29) is 0 Å². The Morgan fingerprint density at radius 2 is 2.18 bits per heavy atom. The third-order valence-electron chi connectivity index (χ3n) is 2.73. The van der Waals surface area contributed by atoms with Gasteiger partial charge in [0.15, 0.2) is 5.94 Å². The highest BCUT2D eigenvalue weighted by molar-refractivity contribution is 5.49. The predicted octanol–water partition coefficient (Wildman–Crippen LogP) is 2.68. The van der Waals surface area contributed by atoms with E-state index < -0.39 is 0 Å². The minimum atomic E-state index is 0.346. The van der Waals surface area contributed by atoms with Crippen LogP contribution in [0.25, 0.3) is 0 Å². The molecule has 1 aliphatic heterocycles. The summed E-state index contributed by atoms with van der Waals surface area (Å²) in [4.78, 5) is 12.5. The molecular formula is C14H21NO2. The fourth-order valence-corrected chi connectivity index (χ4v) is 1.67. The first-order valence-corrected chi connectivity index (χ1v) is 6.05. The van der Waals surface area contributed by atoms with Crippen molar-refractivity contribution in [3.8, 4) is 0 Å². The van der Waals surface area contributed by atoms with Crippen molar-refractivity contribution in [1.29, 1.82) is 0 Å². The van der Waals surface area contributed by atoms with Crippen LogP contribution in [-0.2, 0) is 9.53 Å². The van der Waals surface area contributed by atoms with Crippen LogP contribution < -0.4 is 0 Å². The molecule has 0 amide bonds. The first kappa shape index (κ1) is 13.6. The molecule has 1 saturated heterocycles. The lowest BCUT2D eigenvalue weighted by Gasteiger charge is -2.12. The quantitative estimate of drug-likeness (QED) is 0.542. The summed E-state index contributed by atoms with van der Waals surface area (Å²) >= 11 is 0. The second-order valence-electron chi connectivity index (χ2n) is 4.57. The van der Waals surface area contributed by atoms with Crippen molar-refractivity contribution in [3.63, 3.8) is 0 Å². The number of hydrogen-bond acceptors (Lipinski definition) is 3. The molecule has 1 heterocycles. The molecule has 0 aromatic heterocycles. The summed E-state index contributed by atoms with van der Waals surface area (Å²) in [6, 6.07) is 0. The molecule has 0 atom stereocenters. The van der Waals surface area contributed by atoms with Gasteiger partial charge >= 0.3 is 0 Å². The van der Waals surface area contributed by atoms with Crippen LogP contribution in [0.15, 0.2) is 29.2 Å². The Balaban J connectivity index is 2.37. The van der Waals surface area contributed by atoms with Crippen LogP contribution >= 0.6 is 0 Å². The first-order valence-electron chi connectivity index (χ1n) is 6.05. The maximum atomic E-state index is 10.6. The van der Waals surface area contributed by atoms with Crippen LogP contribution in [0.3, 0.4) is 0 Å². The van der Waals surface area contributed by atoms with Crippen molar-refractivity contribution in [3.05, 3.63) is 29.2 Å². The summed E-state index contributed by atoms with van der Waals surface area (Å²) < 4.78 is 5.14. The Morgan fingerprint density at radius 1 is 1.41 bits per heavy atom. The van der Waals surface area contributed by atoms with Crippen molar-refractivity contribution >= 4 is 5.94 Å². The van der Waals surface area contributed by atoms with Crippen LogP contribution in [-0.4, -0.2) is 30.5 Å². The van der Waals surface area contributed by atoms with Crippen molar-refractivity contribution in [2.45, 2.75) is 33.6 Å². The summed E-state index contributed by atoms with van der Waals surface area (Å²) in [5.74, 6) is 2.17. The SMILES string of the molecule is CC(C)=CCCC(C)=CCN1CCOC1=C=O. The van der Waals surface area contributed by atoms with Gasteiger partial charge in [0.25, 0.3) is 5.88 Å². The number of allylic oxidation sites excluding steroid dienone is 3. The highest BCUT2D eigenvalue weighted by Crippen LogP contribution is 2.12. The zero-order valence-electron chi connectivity index (χ0n) is 11.0. The molecular weight excluding hydrogens is 214 g/mol. The highest BCUT2D eigenvalue weighted by atomic mass is 16.5. The van der Waals surface area contributed by atoms with Crippen LogP contribution in [0.1, 0.15) is 33.6 Å². The van der Waals surface area contributed by atoms with Crippen LogP contribution in [0.5, 0.6) is 0 Å². The van der Waals surface area contributed by atoms with Gasteiger partial charge in [-0.3, -0.25) is 0 Å². The Morgan fingerprint density at radius 3 is 2.82 bits per heavy atom. The maximum absolute atomic E-state index is 10.6. The van der Waals surface area contributed by atoms with E-state index in [1.165, 1.54) is 11.1 Å². The maximum Gasteiger partial charge on any atom is 0.278 e. The van der Waals surface area contributed by atoms with Gasteiger partial charge in [0.2, 0.25) is 0 Å². The smallest absolute Gasteiger partial charge is 0.278 e. The standard InChI is InChI=1S/C14H21NO2/c1-12(2)5-4-6-13(3)7-8-15-9-10-17-14(15)11-16/h5,7H,4,6,8-10H2,1-3H3. The molecule has 1 rings (SSSR count). The molecule has 1 aliphatic rings. The van der Waals surface area contributed by atoms with E-state index in [4.69, 9.17) is 4.74 Å². The Hall–Kier alpha value is -1.47. The summed E-state index contributed by atoms with van der Waals surface area (Å²) in [7, 11) is 0. The normalized spacial score (nSPS) is 15.6. The predicted molar refractivity (Wildman–Crippen MR) is 69.2 cm³/mol. The van der Waals surface area contributed by atoms with E-state index >= 15 is 0 Å². The van der Waals surface area contributed by atoms with Crippen molar-refractivity contribution in [2.75, 3.05) is 19.7 Å². The number of ether oxygens (including phenoxy) is 1. The number of hydrogen-bond donors (Lipinski definition) is 0. The number of nitrogens with zero attached hydrogens (tertiary/aromatic N) is 1. The molecule has 0 spiro atoms. The van der Waals surface area contributed by atoms with Gasteiger partial charge in [-0.2, -0.15) is 0 Å². The second kappa shape index (κ2) is 6.97. The van der Waals surface area contributed by atoms with Crippen LogP contribution in [0.2, 0.25) is 0 Å². The number of carbonyl (C=O) groups excluding carboxylic acids is 1. The minimum Gasteiger partial charge on any atom is -0.469 e. The first-order chi connectivity index (χ1) is 8.13. The van der Waals surface area contributed by atoms with Crippen molar-refractivity contribution in [2.24, 2.45) is 0 Å². The molecule has 0 saturated carbocycles. The highest BCUT2D eigenvalue weighted by Gasteiger charge is 2.17. The summed E-state index contributed by atoms with van der Waals surface area (Å²) in [5, 5.41) is 0. The van der Waals surface area contributed by atoms with Gasteiger partial charge < -0.3 is 9.64 Å². The molecule has 0 radical (unpaired) electrons. The minimum absolute atomic E-state index is 0.346. The Bertz CT molecular complexity index is 358. The fourth-order valence-electron chi connectivity index (χ4n) is 1.67. The lowest BCUT2D eigenvalue weighted by Crippen LogP contribution is -2.19. The summed E-state index contributed by atoms with van der Waals surface area (Å²) in [6.45, 7) is 8.46. The van der Waals surface area contributed by atoms with E-state index in [9.17, 15) is 4.79 Å². The topological polar surface area (TPSA) is 29.5 Å². The number of rotatable bonds is 5. The van der Waals surface area contributed by atoms with E-state index in [0.717, 1.165) is 25.9 Å². The molecule has 0 aromatic carbocycles. The molecule has 1 fully saturated rings. The third kappa shape index (κ3) is 4.92. The molecule has 0 aliphatic carbocycles. The fraction of sp³-hybridized carbons (Fsp3) is 0.571. The molecule has 17 heavy (non-hydrogen) atoms. The van der Waals surface area contributed by atoms with Gasteiger partial charge in [-0.15, -0.1) is 0 Å². The zero-order chi connectivity index (χ0) is 12.7.